The predicted octanol–water partition coefficient (Wildman–Crippen LogP) is 1.49. The minimum absolute atomic E-state index is 0.0997. The summed E-state index contributed by atoms with van der Waals surface area (Å²) >= 11 is 0. The summed E-state index contributed by atoms with van der Waals surface area (Å²) in [6, 6.07) is 0.570. The zero-order valence-corrected chi connectivity index (χ0v) is 8.45. The fraction of sp³-hybridized carbons (Fsp3) is 1.00. The number of likely N-dealkylation sites (tertiary alicyclic amines) is 1. The molecule has 1 aliphatic heterocycles. The van der Waals surface area contributed by atoms with Gasteiger partial charge in [-0.05, 0) is 32.6 Å². The Morgan fingerprint density at radius 1 is 1.25 bits per heavy atom. The molecule has 0 amide bonds. The van der Waals surface area contributed by atoms with E-state index in [4.69, 9.17) is 0 Å². The number of hydrogen-bond donors (Lipinski definition) is 1. The van der Waals surface area contributed by atoms with Crippen LogP contribution in [0.3, 0.4) is 0 Å². The summed E-state index contributed by atoms with van der Waals surface area (Å²) in [5.41, 5.74) is 0. The van der Waals surface area contributed by atoms with E-state index in [0.717, 1.165) is 25.4 Å². The molecular formula is C10H21NO. The van der Waals surface area contributed by atoms with Crippen molar-refractivity contribution in [1.82, 2.24) is 4.90 Å². The van der Waals surface area contributed by atoms with Gasteiger partial charge in [-0.2, -0.15) is 0 Å². The zero-order valence-electron chi connectivity index (χ0n) is 8.45. The van der Waals surface area contributed by atoms with Crippen molar-refractivity contribution in [3.8, 4) is 0 Å². The maximum absolute atomic E-state index is 9.58. The van der Waals surface area contributed by atoms with Gasteiger partial charge in [-0.1, -0.05) is 6.92 Å². The van der Waals surface area contributed by atoms with Crippen LogP contribution in [0.4, 0.5) is 0 Å². The van der Waals surface area contributed by atoms with E-state index >= 15 is 0 Å². The van der Waals surface area contributed by atoms with E-state index in [0.29, 0.717) is 6.04 Å². The molecule has 0 bridgehead atoms. The number of nitrogens with zero attached hydrogens (tertiary/aromatic N) is 1. The van der Waals surface area contributed by atoms with E-state index < -0.39 is 0 Å². The number of aliphatic hydroxyl groups excluding tert-OH is 1. The Morgan fingerprint density at radius 3 is 2.50 bits per heavy atom. The number of rotatable bonds is 1. The number of aliphatic hydroxyl groups is 1. The van der Waals surface area contributed by atoms with Crippen LogP contribution in [0.2, 0.25) is 0 Å². The van der Waals surface area contributed by atoms with Gasteiger partial charge in [0.15, 0.2) is 0 Å². The fourth-order valence-corrected chi connectivity index (χ4v) is 1.83. The Morgan fingerprint density at radius 2 is 1.92 bits per heavy atom. The van der Waals surface area contributed by atoms with Crippen LogP contribution in [0, 0.1) is 5.92 Å². The molecule has 1 N–H and O–H groups in total. The molecule has 1 heterocycles. The van der Waals surface area contributed by atoms with Crippen LogP contribution in [0.1, 0.15) is 33.6 Å². The lowest BCUT2D eigenvalue weighted by Crippen LogP contribution is -2.37. The van der Waals surface area contributed by atoms with Crippen molar-refractivity contribution in [2.75, 3.05) is 13.1 Å². The molecule has 1 aliphatic rings. The van der Waals surface area contributed by atoms with Gasteiger partial charge in [-0.15, -0.1) is 0 Å². The number of β-amino-alcohol motifs (C(OH)–C–C–N with tert-alkyl or cyclic N) is 1. The summed E-state index contributed by atoms with van der Waals surface area (Å²) in [4.78, 5) is 2.38. The van der Waals surface area contributed by atoms with Gasteiger partial charge in [0, 0.05) is 19.1 Å². The van der Waals surface area contributed by atoms with Crippen molar-refractivity contribution in [3.05, 3.63) is 0 Å². The second-order valence-electron chi connectivity index (χ2n) is 4.38. The Bertz CT molecular complexity index is 124. The molecular weight excluding hydrogens is 150 g/mol. The van der Waals surface area contributed by atoms with E-state index in [2.05, 4.69) is 25.7 Å². The predicted molar refractivity (Wildman–Crippen MR) is 51.1 cm³/mol. The van der Waals surface area contributed by atoms with Crippen molar-refractivity contribution >= 4 is 0 Å². The molecule has 0 spiro atoms. The van der Waals surface area contributed by atoms with Crippen LogP contribution in [0.15, 0.2) is 0 Å². The Balaban J connectivity index is 2.49. The van der Waals surface area contributed by atoms with Gasteiger partial charge in [0.05, 0.1) is 6.10 Å². The minimum Gasteiger partial charge on any atom is -0.392 e. The van der Waals surface area contributed by atoms with E-state index in [1.165, 1.54) is 6.42 Å². The van der Waals surface area contributed by atoms with Crippen LogP contribution in [-0.2, 0) is 0 Å². The summed E-state index contributed by atoms with van der Waals surface area (Å²) in [5, 5.41) is 9.58. The van der Waals surface area contributed by atoms with Crippen LogP contribution < -0.4 is 0 Å². The third-order valence-corrected chi connectivity index (χ3v) is 2.71. The molecule has 0 unspecified atom stereocenters. The molecule has 0 aliphatic carbocycles. The van der Waals surface area contributed by atoms with Crippen LogP contribution in [0.25, 0.3) is 0 Å². The maximum atomic E-state index is 9.58. The lowest BCUT2D eigenvalue weighted by atomic mass is 10.1. The monoisotopic (exact) mass is 171 g/mol. The van der Waals surface area contributed by atoms with E-state index in [-0.39, 0.29) is 6.10 Å². The zero-order chi connectivity index (χ0) is 9.14. The minimum atomic E-state index is -0.0997. The Hall–Kier alpha value is -0.0800. The van der Waals surface area contributed by atoms with E-state index in [9.17, 15) is 5.11 Å². The molecule has 0 radical (unpaired) electrons. The highest BCUT2D eigenvalue weighted by molar-refractivity contribution is 4.75. The molecule has 0 saturated carbocycles. The lowest BCUT2D eigenvalue weighted by molar-refractivity contribution is 0.104. The van der Waals surface area contributed by atoms with Crippen LogP contribution in [0.5, 0.6) is 0 Å². The molecule has 1 saturated heterocycles. The second-order valence-corrected chi connectivity index (χ2v) is 4.38. The van der Waals surface area contributed by atoms with Crippen molar-refractivity contribution in [2.45, 2.75) is 45.8 Å². The Kier molecular flexibility index (Phi) is 3.53. The second kappa shape index (κ2) is 4.24. The van der Waals surface area contributed by atoms with Gasteiger partial charge < -0.3 is 5.11 Å². The summed E-state index contributed by atoms with van der Waals surface area (Å²) < 4.78 is 0. The molecule has 72 valence electrons. The normalized spacial score (nSPS) is 33.8. The summed E-state index contributed by atoms with van der Waals surface area (Å²) in [5.74, 6) is 0.740. The highest BCUT2D eigenvalue weighted by atomic mass is 16.3. The van der Waals surface area contributed by atoms with Crippen molar-refractivity contribution in [1.29, 1.82) is 0 Å². The molecule has 0 aromatic carbocycles. The standard InChI is InChI=1S/C10H21NO/c1-8(2)11-6-9(3)4-5-10(12)7-11/h8-10,12H,4-7H2,1-3H3/t9-,10+/m0/s1. The smallest absolute Gasteiger partial charge is 0.0667 e. The first-order chi connectivity index (χ1) is 5.59. The first-order valence-electron chi connectivity index (χ1n) is 5.01. The first-order valence-corrected chi connectivity index (χ1v) is 5.01. The van der Waals surface area contributed by atoms with E-state index in [1.54, 1.807) is 0 Å². The highest BCUT2D eigenvalue weighted by Crippen LogP contribution is 2.17. The summed E-state index contributed by atoms with van der Waals surface area (Å²) in [7, 11) is 0. The van der Waals surface area contributed by atoms with Gasteiger partial charge >= 0.3 is 0 Å². The molecule has 2 heteroatoms. The molecule has 12 heavy (non-hydrogen) atoms. The average molecular weight is 171 g/mol. The third kappa shape index (κ3) is 2.76. The molecule has 0 aromatic rings. The van der Waals surface area contributed by atoms with Crippen molar-refractivity contribution in [2.24, 2.45) is 5.92 Å². The van der Waals surface area contributed by atoms with Gasteiger partial charge in [-0.3, -0.25) is 4.90 Å². The lowest BCUT2D eigenvalue weighted by Gasteiger charge is -2.27. The maximum Gasteiger partial charge on any atom is 0.0667 e. The van der Waals surface area contributed by atoms with Crippen molar-refractivity contribution in [3.63, 3.8) is 0 Å². The summed E-state index contributed by atoms with van der Waals surface area (Å²) in [6.45, 7) is 8.68. The molecule has 2 atom stereocenters. The molecule has 1 fully saturated rings. The average Bonchev–Trinajstić information content (AvgIpc) is 2.13. The SMILES string of the molecule is CC(C)N1C[C@@H](C)CC[C@@H](O)C1. The fourth-order valence-electron chi connectivity index (χ4n) is 1.83. The van der Waals surface area contributed by atoms with Gasteiger partial charge in [0.25, 0.3) is 0 Å². The van der Waals surface area contributed by atoms with E-state index in [1.807, 2.05) is 0 Å². The molecule has 1 rings (SSSR count). The molecule has 2 nitrogen and oxygen atoms in total. The molecule has 0 aromatic heterocycles. The van der Waals surface area contributed by atoms with Crippen LogP contribution in [-0.4, -0.2) is 35.2 Å². The first kappa shape index (κ1) is 10.0. The topological polar surface area (TPSA) is 23.5 Å². The summed E-state index contributed by atoms with van der Waals surface area (Å²) in [6.07, 6.45) is 2.05. The van der Waals surface area contributed by atoms with Crippen molar-refractivity contribution < 1.29 is 5.11 Å². The highest BCUT2D eigenvalue weighted by Gasteiger charge is 2.21. The van der Waals surface area contributed by atoms with Crippen LogP contribution >= 0.6 is 0 Å². The van der Waals surface area contributed by atoms with Gasteiger partial charge in [-0.25, -0.2) is 0 Å². The number of hydrogen-bond acceptors (Lipinski definition) is 2. The van der Waals surface area contributed by atoms with Gasteiger partial charge in [0.2, 0.25) is 0 Å². The third-order valence-electron chi connectivity index (χ3n) is 2.71. The van der Waals surface area contributed by atoms with Gasteiger partial charge in [0.1, 0.15) is 0 Å². The largest absolute Gasteiger partial charge is 0.392 e. The Labute approximate surface area is 75.6 Å². The quantitative estimate of drug-likeness (QED) is 0.646.